The summed E-state index contributed by atoms with van der Waals surface area (Å²) in [4.78, 5) is 11.6. The van der Waals surface area contributed by atoms with E-state index in [1.54, 1.807) is 0 Å². The number of hydrogen-bond donors (Lipinski definition) is 2. The Morgan fingerprint density at radius 3 is 2.93 bits per heavy atom. The normalized spacial score (nSPS) is 29.6. The largest absolute Gasteiger partial charge is 0.380 e. The second kappa shape index (κ2) is 3.87. The minimum atomic E-state index is 0.0413. The summed E-state index contributed by atoms with van der Waals surface area (Å²) in [7, 11) is 0. The molecule has 14 heavy (non-hydrogen) atoms. The Morgan fingerprint density at radius 2 is 2.43 bits per heavy atom. The summed E-state index contributed by atoms with van der Waals surface area (Å²) in [5, 5.41) is 6.17. The SMILES string of the molecule is CC1(CNC(=O)C2CCCN2)COC1. The van der Waals surface area contributed by atoms with Gasteiger partial charge >= 0.3 is 0 Å². The van der Waals surface area contributed by atoms with Gasteiger partial charge in [0.25, 0.3) is 0 Å². The number of rotatable bonds is 3. The van der Waals surface area contributed by atoms with Crippen LogP contribution in [0.25, 0.3) is 0 Å². The molecule has 2 rings (SSSR count). The minimum Gasteiger partial charge on any atom is -0.380 e. The summed E-state index contributed by atoms with van der Waals surface area (Å²) in [5.74, 6) is 0.149. The molecule has 0 aromatic rings. The molecule has 0 radical (unpaired) electrons. The number of carbonyl (C=O) groups excluding carboxylic acids is 1. The molecule has 0 spiro atoms. The molecule has 2 heterocycles. The molecule has 1 unspecified atom stereocenters. The first-order valence-corrected chi connectivity index (χ1v) is 5.28. The van der Waals surface area contributed by atoms with E-state index < -0.39 is 0 Å². The van der Waals surface area contributed by atoms with Gasteiger partial charge in [0.05, 0.1) is 19.3 Å². The lowest BCUT2D eigenvalue weighted by molar-refractivity contribution is -0.128. The standard InChI is InChI=1S/C10H18N2O2/c1-10(6-14-7-10)5-12-9(13)8-3-2-4-11-8/h8,11H,2-7H2,1H3,(H,12,13). The highest BCUT2D eigenvalue weighted by Gasteiger charge is 2.34. The van der Waals surface area contributed by atoms with Crippen molar-refractivity contribution in [1.82, 2.24) is 10.6 Å². The van der Waals surface area contributed by atoms with Crippen LogP contribution in [-0.2, 0) is 9.53 Å². The average molecular weight is 198 g/mol. The van der Waals surface area contributed by atoms with Crippen LogP contribution in [0.3, 0.4) is 0 Å². The molecule has 4 heteroatoms. The fraction of sp³-hybridized carbons (Fsp3) is 0.900. The first kappa shape index (κ1) is 9.93. The summed E-state index contributed by atoms with van der Waals surface area (Å²) in [5.41, 5.74) is 0.175. The minimum absolute atomic E-state index is 0.0413. The summed E-state index contributed by atoms with van der Waals surface area (Å²) in [6.07, 6.45) is 2.08. The first-order valence-electron chi connectivity index (χ1n) is 5.28. The summed E-state index contributed by atoms with van der Waals surface area (Å²) >= 11 is 0. The van der Waals surface area contributed by atoms with Crippen LogP contribution in [0.15, 0.2) is 0 Å². The van der Waals surface area contributed by atoms with Crippen molar-refractivity contribution in [3.63, 3.8) is 0 Å². The van der Waals surface area contributed by atoms with E-state index in [1.807, 2.05) is 0 Å². The van der Waals surface area contributed by atoms with E-state index in [2.05, 4.69) is 17.6 Å². The molecule has 0 aliphatic carbocycles. The molecule has 80 valence electrons. The molecule has 2 aliphatic rings. The lowest BCUT2D eigenvalue weighted by Crippen LogP contribution is -2.51. The van der Waals surface area contributed by atoms with Crippen molar-refractivity contribution >= 4 is 5.91 Å². The molecule has 4 nitrogen and oxygen atoms in total. The Morgan fingerprint density at radius 1 is 1.64 bits per heavy atom. The van der Waals surface area contributed by atoms with Gasteiger partial charge in [0, 0.05) is 12.0 Å². The lowest BCUT2D eigenvalue weighted by Gasteiger charge is -2.38. The smallest absolute Gasteiger partial charge is 0.237 e. The highest BCUT2D eigenvalue weighted by molar-refractivity contribution is 5.82. The van der Waals surface area contributed by atoms with Gasteiger partial charge in [0.2, 0.25) is 5.91 Å². The van der Waals surface area contributed by atoms with Crippen LogP contribution in [0, 0.1) is 5.41 Å². The maximum Gasteiger partial charge on any atom is 0.237 e. The first-order chi connectivity index (χ1) is 6.70. The Bertz CT molecular complexity index is 220. The van der Waals surface area contributed by atoms with Crippen LogP contribution in [0.1, 0.15) is 19.8 Å². The average Bonchev–Trinajstić information content (AvgIpc) is 2.63. The van der Waals surface area contributed by atoms with Crippen LogP contribution in [0.5, 0.6) is 0 Å². The zero-order valence-corrected chi connectivity index (χ0v) is 8.64. The molecule has 2 fully saturated rings. The van der Waals surface area contributed by atoms with Gasteiger partial charge in [0.1, 0.15) is 0 Å². The second-order valence-electron chi connectivity index (χ2n) is 4.67. The highest BCUT2D eigenvalue weighted by Crippen LogP contribution is 2.25. The molecular weight excluding hydrogens is 180 g/mol. The van der Waals surface area contributed by atoms with E-state index >= 15 is 0 Å². The number of hydrogen-bond acceptors (Lipinski definition) is 3. The Hall–Kier alpha value is -0.610. The van der Waals surface area contributed by atoms with Crippen molar-refractivity contribution in [3.05, 3.63) is 0 Å². The summed E-state index contributed by atoms with van der Waals surface area (Å²) in [6, 6.07) is 0.0413. The van der Waals surface area contributed by atoms with Crippen molar-refractivity contribution in [3.8, 4) is 0 Å². The van der Waals surface area contributed by atoms with E-state index in [0.717, 1.165) is 39.1 Å². The van der Waals surface area contributed by atoms with Crippen LogP contribution < -0.4 is 10.6 Å². The van der Waals surface area contributed by atoms with Gasteiger partial charge in [-0.25, -0.2) is 0 Å². The molecule has 1 atom stereocenters. The number of nitrogens with one attached hydrogen (secondary N) is 2. The molecule has 0 bridgehead atoms. The molecule has 0 aromatic carbocycles. The van der Waals surface area contributed by atoms with Gasteiger partial charge in [-0.3, -0.25) is 4.79 Å². The zero-order valence-electron chi connectivity index (χ0n) is 8.64. The van der Waals surface area contributed by atoms with Crippen LogP contribution >= 0.6 is 0 Å². The van der Waals surface area contributed by atoms with Crippen molar-refractivity contribution < 1.29 is 9.53 Å². The third-order valence-corrected chi connectivity index (χ3v) is 2.97. The van der Waals surface area contributed by atoms with Crippen molar-refractivity contribution in [2.45, 2.75) is 25.8 Å². The molecule has 0 saturated carbocycles. The van der Waals surface area contributed by atoms with E-state index in [4.69, 9.17) is 4.74 Å². The van der Waals surface area contributed by atoms with Gasteiger partial charge in [0.15, 0.2) is 0 Å². The fourth-order valence-corrected chi connectivity index (χ4v) is 1.88. The van der Waals surface area contributed by atoms with Crippen molar-refractivity contribution in [2.75, 3.05) is 26.3 Å². The molecular formula is C10H18N2O2. The Labute approximate surface area is 84.4 Å². The Kier molecular flexibility index (Phi) is 2.74. The Balaban J connectivity index is 1.71. The van der Waals surface area contributed by atoms with Crippen LogP contribution in [0.2, 0.25) is 0 Å². The topological polar surface area (TPSA) is 50.4 Å². The third kappa shape index (κ3) is 2.07. The maximum atomic E-state index is 11.6. The van der Waals surface area contributed by atoms with E-state index in [1.165, 1.54) is 0 Å². The van der Waals surface area contributed by atoms with Gasteiger partial charge in [-0.1, -0.05) is 6.92 Å². The van der Waals surface area contributed by atoms with Gasteiger partial charge in [-0.15, -0.1) is 0 Å². The van der Waals surface area contributed by atoms with E-state index in [9.17, 15) is 4.79 Å². The predicted molar refractivity (Wildman–Crippen MR) is 53.0 cm³/mol. The van der Waals surface area contributed by atoms with Crippen LogP contribution in [0.4, 0.5) is 0 Å². The van der Waals surface area contributed by atoms with Gasteiger partial charge in [-0.05, 0) is 19.4 Å². The fourth-order valence-electron chi connectivity index (χ4n) is 1.88. The number of carbonyl (C=O) groups is 1. The molecule has 2 aliphatic heterocycles. The second-order valence-corrected chi connectivity index (χ2v) is 4.67. The quantitative estimate of drug-likeness (QED) is 0.665. The predicted octanol–water partition coefficient (Wildman–Crippen LogP) is -0.109. The number of ether oxygens (including phenoxy) is 1. The van der Waals surface area contributed by atoms with Crippen LogP contribution in [-0.4, -0.2) is 38.3 Å². The zero-order chi connectivity index (χ0) is 10.0. The molecule has 1 amide bonds. The number of amides is 1. The maximum absolute atomic E-state index is 11.6. The van der Waals surface area contributed by atoms with Gasteiger partial charge in [-0.2, -0.15) is 0 Å². The third-order valence-electron chi connectivity index (χ3n) is 2.97. The highest BCUT2D eigenvalue weighted by atomic mass is 16.5. The molecule has 2 saturated heterocycles. The van der Waals surface area contributed by atoms with E-state index in [-0.39, 0.29) is 17.4 Å². The monoisotopic (exact) mass is 198 g/mol. The summed E-state index contributed by atoms with van der Waals surface area (Å²) < 4.78 is 5.13. The van der Waals surface area contributed by atoms with Crippen molar-refractivity contribution in [1.29, 1.82) is 0 Å². The van der Waals surface area contributed by atoms with E-state index in [0.29, 0.717) is 0 Å². The molecule has 2 N–H and O–H groups in total. The lowest BCUT2D eigenvalue weighted by atomic mass is 9.88. The van der Waals surface area contributed by atoms with Crippen molar-refractivity contribution in [2.24, 2.45) is 5.41 Å². The summed E-state index contributed by atoms with van der Waals surface area (Å²) in [6.45, 7) is 5.39. The van der Waals surface area contributed by atoms with Gasteiger partial charge < -0.3 is 15.4 Å². The molecule has 0 aromatic heterocycles.